The normalized spacial score (nSPS) is 12.8. The van der Waals surface area contributed by atoms with E-state index in [4.69, 9.17) is 0 Å². The molecular formula is C29H40N6OS. The molecule has 4 rings (SSSR count). The van der Waals surface area contributed by atoms with Gasteiger partial charge in [-0.15, -0.1) is 24.6 Å². The van der Waals surface area contributed by atoms with Gasteiger partial charge in [0.15, 0.2) is 0 Å². The Kier molecular flexibility index (Phi) is 13.8. The molecule has 0 radical (unpaired) electrons. The standard InChI is InChI=1S/C20H24N6OS.C7H14.C2H2/c1-3-21-20-24-17(12-18(25-20)26-10-4-5-11-26)22-14-19(27)23-13-15-6-8-16(28-2)9-7-15;1-7-5-3-2-4-6-7;1-2/h4-12H,3,13-14H2,1-2H3,(H,23,27)(H2,21,22,24,25);7H,2-6H2,1H3;1-2H. The molecule has 37 heavy (non-hydrogen) atoms. The number of rotatable bonds is 9. The molecule has 3 N–H and O–H groups in total. The van der Waals surface area contributed by atoms with Crippen molar-refractivity contribution in [1.29, 1.82) is 0 Å². The van der Waals surface area contributed by atoms with Crippen LogP contribution in [0.4, 0.5) is 11.8 Å². The van der Waals surface area contributed by atoms with Gasteiger partial charge in [0.1, 0.15) is 11.6 Å². The minimum absolute atomic E-state index is 0.0972. The fourth-order valence-electron chi connectivity index (χ4n) is 3.87. The summed E-state index contributed by atoms with van der Waals surface area (Å²) in [7, 11) is 0. The van der Waals surface area contributed by atoms with Gasteiger partial charge in [-0.3, -0.25) is 4.79 Å². The average Bonchev–Trinajstić information content (AvgIpc) is 3.48. The van der Waals surface area contributed by atoms with Crippen molar-refractivity contribution in [3.05, 3.63) is 60.4 Å². The van der Waals surface area contributed by atoms with Gasteiger partial charge in [-0.25, -0.2) is 0 Å². The van der Waals surface area contributed by atoms with Crippen LogP contribution in [-0.2, 0) is 11.3 Å². The molecule has 1 fully saturated rings. The van der Waals surface area contributed by atoms with E-state index in [1.807, 2.05) is 60.5 Å². The Morgan fingerprint density at radius 2 is 1.73 bits per heavy atom. The summed E-state index contributed by atoms with van der Waals surface area (Å²) in [4.78, 5) is 22.3. The van der Waals surface area contributed by atoms with Crippen molar-refractivity contribution in [2.45, 2.75) is 57.4 Å². The topological polar surface area (TPSA) is 83.9 Å². The summed E-state index contributed by atoms with van der Waals surface area (Å²) in [5.74, 6) is 2.78. The van der Waals surface area contributed by atoms with E-state index in [2.05, 4.69) is 57.8 Å². The predicted octanol–water partition coefficient (Wildman–Crippen LogP) is 5.99. The van der Waals surface area contributed by atoms with Crippen molar-refractivity contribution in [3.8, 4) is 18.7 Å². The lowest BCUT2D eigenvalue weighted by molar-refractivity contribution is -0.119. The van der Waals surface area contributed by atoms with Crippen molar-refractivity contribution in [1.82, 2.24) is 19.9 Å². The van der Waals surface area contributed by atoms with Crippen LogP contribution in [-0.4, -0.2) is 39.8 Å². The summed E-state index contributed by atoms with van der Waals surface area (Å²) in [6.45, 7) is 5.69. The van der Waals surface area contributed by atoms with Crippen LogP contribution in [0.1, 0.15) is 51.5 Å². The predicted molar refractivity (Wildman–Crippen MR) is 156 cm³/mol. The highest BCUT2D eigenvalue weighted by Crippen LogP contribution is 2.22. The second-order valence-electron chi connectivity index (χ2n) is 8.78. The molecule has 0 aliphatic heterocycles. The van der Waals surface area contributed by atoms with Crippen LogP contribution in [0.25, 0.3) is 5.82 Å². The molecule has 0 spiro atoms. The number of carbonyl (C=O) groups is 1. The van der Waals surface area contributed by atoms with E-state index in [-0.39, 0.29) is 12.5 Å². The molecule has 1 aromatic carbocycles. The number of benzene rings is 1. The van der Waals surface area contributed by atoms with E-state index in [1.54, 1.807) is 11.8 Å². The monoisotopic (exact) mass is 520 g/mol. The largest absolute Gasteiger partial charge is 0.361 e. The lowest BCUT2D eigenvalue weighted by atomic mass is 9.91. The zero-order valence-electron chi connectivity index (χ0n) is 22.2. The molecule has 0 saturated heterocycles. The number of nitrogens with zero attached hydrogens (tertiary/aromatic N) is 3. The molecule has 3 aromatic rings. The third-order valence-corrected chi connectivity index (χ3v) is 6.63. The van der Waals surface area contributed by atoms with Gasteiger partial charge in [-0.2, -0.15) is 9.97 Å². The Bertz CT molecular complexity index is 1060. The summed E-state index contributed by atoms with van der Waals surface area (Å²) in [6.07, 6.45) is 21.3. The number of amides is 1. The summed E-state index contributed by atoms with van der Waals surface area (Å²) in [6, 6.07) is 13.8. The molecular weight excluding hydrogens is 480 g/mol. The van der Waals surface area contributed by atoms with Crippen molar-refractivity contribution < 1.29 is 4.79 Å². The summed E-state index contributed by atoms with van der Waals surface area (Å²) < 4.78 is 1.89. The maximum Gasteiger partial charge on any atom is 0.239 e. The first kappa shape index (κ1) is 29.8. The fraction of sp³-hybridized carbons (Fsp3) is 0.414. The van der Waals surface area contributed by atoms with E-state index in [9.17, 15) is 4.79 Å². The van der Waals surface area contributed by atoms with E-state index >= 15 is 0 Å². The number of hydrogen-bond acceptors (Lipinski definition) is 6. The van der Waals surface area contributed by atoms with Crippen molar-refractivity contribution in [2.75, 3.05) is 30.0 Å². The zero-order valence-corrected chi connectivity index (χ0v) is 23.1. The molecule has 1 saturated carbocycles. The maximum atomic E-state index is 12.2. The summed E-state index contributed by atoms with van der Waals surface area (Å²) in [5, 5.41) is 9.11. The minimum atomic E-state index is -0.0972. The van der Waals surface area contributed by atoms with Gasteiger partial charge in [0.05, 0.1) is 6.54 Å². The second kappa shape index (κ2) is 17.1. The van der Waals surface area contributed by atoms with Crippen molar-refractivity contribution in [3.63, 3.8) is 0 Å². The highest BCUT2D eigenvalue weighted by Gasteiger charge is 2.08. The average molecular weight is 521 g/mol. The first-order valence-corrected chi connectivity index (χ1v) is 14.0. The smallest absolute Gasteiger partial charge is 0.239 e. The van der Waals surface area contributed by atoms with Gasteiger partial charge in [-0.1, -0.05) is 51.2 Å². The minimum Gasteiger partial charge on any atom is -0.361 e. The van der Waals surface area contributed by atoms with Crippen molar-refractivity contribution >= 4 is 29.4 Å². The quantitative estimate of drug-likeness (QED) is 0.238. The molecule has 7 nitrogen and oxygen atoms in total. The number of nitrogens with one attached hydrogen (secondary N) is 3. The van der Waals surface area contributed by atoms with E-state index in [0.29, 0.717) is 24.9 Å². The van der Waals surface area contributed by atoms with E-state index in [1.165, 1.54) is 37.0 Å². The highest BCUT2D eigenvalue weighted by molar-refractivity contribution is 7.98. The second-order valence-corrected chi connectivity index (χ2v) is 9.66. The number of terminal acetylenes is 1. The number of aromatic nitrogens is 3. The van der Waals surface area contributed by atoms with Crippen molar-refractivity contribution in [2.24, 2.45) is 5.92 Å². The van der Waals surface area contributed by atoms with Crippen LogP contribution in [0.5, 0.6) is 0 Å². The Morgan fingerprint density at radius 1 is 1.05 bits per heavy atom. The summed E-state index contributed by atoms with van der Waals surface area (Å²) in [5.41, 5.74) is 1.07. The molecule has 0 bridgehead atoms. The van der Waals surface area contributed by atoms with Gasteiger partial charge >= 0.3 is 0 Å². The van der Waals surface area contributed by atoms with E-state index in [0.717, 1.165) is 17.3 Å². The zero-order chi connectivity index (χ0) is 26.9. The Morgan fingerprint density at radius 3 is 2.30 bits per heavy atom. The number of carbonyl (C=O) groups excluding carboxylic acids is 1. The van der Waals surface area contributed by atoms with Crippen LogP contribution in [0.15, 0.2) is 59.8 Å². The van der Waals surface area contributed by atoms with Gasteiger partial charge in [-0.05, 0) is 48.9 Å². The van der Waals surface area contributed by atoms with Gasteiger partial charge < -0.3 is 20.5 Å². The SMILES string of the molecule is C#C.CC1CCCCC1.CCNc1nc(NCC(=O)NCc2ccc(SC)cc2)cc(-n2cccc2)n1. The number of hydrogen-bond donors (Lipinski definition) is 3. The Hall–Kier alpha value is -3.44. The Balaban J connectivity index is 0.000000455. The molecule has 1 aliphatic rings. The van der Waals surface area contributed by atoms with Crippen LogP contribution < -0.4 is 16.0 Å². The molecule has 2 aromatic heterocycles. The molecule has 0 unspecified atom stereocenters. The fourth-order valence-corrected chi connectivity index (χ4v) is 4.27. The molecule has 1 amide bonds. The van der Waals surface area contributed by atoms with Crippen LogP contribution in [0, 0.1) is 18.8 Å². The maximum absolute atomic E-state index is 12.2. The first-order chi connectivity index (χ1) is 18.1. The van der Waals surface area contributed by atoms with Gasteiger partial charge in [0, 0.05) is 36.4 Å². The number of anilines is 2. The first-order valence-electron chi connectivity index (χ1n) is 12.8. The molecule has 0 atom stereocenters. The lowest BCUT2D eigenvalue weighted by Crippen LogP contribution is -2.29. The lowest BCUT2D eigenvalue weighted by Gasteiger charge is -2.15. The molecule has 8 heteroatoms. The van der Waals surface area contributed by atoms with Crippen LogP contribution >= 0.6 is 11.8 Å². The molecule has 1 aliphatic carbocycles. The van der Waals surface area contributed by atoms with Gasteiger partial charge in [0.25, 0.3) is 0 Å². The van der Waals surface area contributed by atoms with Crippen LogP contribution in [0.2, 0.25) is 0 Å². The number of thioether (sulfide) groups is 1. The molecule has 198 valence electrons. The van der Waals surface area contributed by atoms with E-state index < -0.39 is 0 Å². The van der Waals surface area contributed by atoms with Crippen LogP contribution in [0.3, 0.4) is 0 Å². The highest BCUT2D eigenvalue weighted by atomic mass is 32.2. The third-order valence-electron chi connectivity index (χ3n) is 5.89. The Labute approximate surface area is 226 Å². The molecule has 2 heterocycles. The van der Waals surface area contributed by atoms with Gasteiger partial charge in [0.2, 0.25) is 11.9 Å². The summed E-state index contributed by atoms with van der Waals surface area (Å²) >= 11 is 1.70. The third kappa shape index (κ3) is 11.0.